The Morgan fingerprint density at radius 2 is 1.89 bits per heavy atom. The summed E-state index contributed by atoms with van der Waals surface area (Å²) in [6.07, 6.45) is 0.164. The number of hydrazone groups is 1. The van der Waals surface area contributed by atoms with E-state index in [9.17, 15) is 24.8 Å². The molecule has 1 aliphatic heterocycles. The molecule has 146 valence electrons. The number of nitro benzene ring substituents is 1. The fourth-order valence-corrected chi connectivity index (χ4v) is 3.28. The minimum Gasteiger partial charge on any atom is -0.494 e. The summed E-state index contributed by atoms with van der Waals surface area (Å²) in [6.45, 7) is 1.33. The molecule has 2 heterocycles. The average Bonchev–Trinajstić information content (AvgIpc) is 3.10. The molecular weight excluding hydrogens is 386 g/mol. The lowest BCUT2D eigenvalue weighted by molar-refractivity contribution is -0.384. The van der Waals surface area contributed by atoms with E-state index < -0.39 is 16.5 Å². The van der Waals surface area contributed by atoms with Crippen LogP contribution in [0.1, 0.15) is 30.5 Å². The number of non-ortho nitro benzene ring substituents is 1. The predicted octanol–water partition coefficient (Wildman–Crippen LogP) is 1.76. The van der Waals surface area contributed by atoms with E-state index in [1.165, 1.54) is 47.3 Å². The van der Waals surface area contributed by atoms with Crippen molar-refractivity contribution < 1.29 is 14.8 Å². The van der Waals surface area contributed by atoms with E-state index in [1.807, 2.05) is 0 Å². The van der Waals surface area contributed by atoms with Gasteiger partial charge in [-0.3, -0.25) is 28.8 Å². The second-order valence-corrected chi connectivity index (χ2v) is 6.75. The van der Waals surface area contributed by atoms with Gasteiger partial charge in [0.15, 0.2) is 4.77 Å². The molecule has 3 rings (SSSR count). The lowest BCUT2D eigenvalue weighted by atomic mass is 9.99. The Morgan fingerprint density at radius 3 is 2.43 bits per heavy atom. The van der Waals surface area contributed by atoms with E-state index in [0.29, 0.717) is 5.56 Å². The highest BCUT2D eigenvalue weighted by Gasteiger charge is 2.34. The second kappa shape index (κ2) is 7.00. The number of nitro groups is 1. The van der Waals surface area contributed by atoms with Gasteiger partial charge in [0.2, 0.25) is 11.8 Å². The topological polar surface area (TPSA) is 123 Å². The Balaban J connectivity index is 2.08. The Labute approximate surface area is 164 Å². The molecule has 0 spiro atoms. The molecule has 1 aromatic carbocycles. The van der Waals surface area contributed by atoms with Crippen LogP contribution in [-0.4, -0.2) is 35.8 Å². The molecule has 2 aromatic rings. The van der Waals surface area contributed by atoms with Crippen LogP contribution in [0.5, 0.6) is 5.88 Å². The number of hydrogen-bond donors (Lipinski definition) is 1. The number of hydrogen-bond acceptors (Lipinski definition) is 7. The summed E-state index contributed by atoms with van der Waals surface area (Å²) < 4.78 is 2.64. The summed E-state index contributed by atoms with van der Waals surface area (Å²) in [5.74, 6) is -0.696. The van der Waals surface area contributed by atoms with E-state index in [4.69, 9.17) is 12.2 Å². The van der Waals surface area contributed by atoms with Crippen LogP contribution in [0.2, 0.25) is 0 Å². The third-order valence-electron chi connectivity index (χ3n) is 4.64. The third kappa shape index (κ3) is 3.09. The van der Waals surface area contributed by atoms with Gasteiger partial charge in [-0.1, -0.05) is 12.1 Å². The first-order valence-electron chi connectivity index (χ1n) is 8.24. The van der Waals surface area contributed by atoms with Crippen molar-refractivity contribution in [2.45, 2.75) is 19.4 Å². The molecule has 0 saturated heterocycles. The van der Waals surface area contributed by atoms with Crippen molar-refractivity contribution in [3.63, 3.8) is 0 Å². The lowest BCUT2D eigenvalue weighted by Gasteiger charge is -2.20. The largest absolute Gasteiger partial charge is 0.494 e. The number of benzene rings is 1. The van der Waals surface area contributed by atoms with Crippen LogP contribution in [0.4, 0.5) is 5.69 Å². The molecule has 1 amide bonds. The van der Waals surface area contributed by atoms with Crippen LogP contribution in [0.3, 0.4) is 0 Å². The quantitative estimate of drug-likeness (QED) is 0.473. The average molecular weight is 403 g/mol. The first-order chi connectivity index (χ1) is 13.1. The fourth-order valence-electron chi connectivity index (χ4n) is 3.12. The first-order valence-corrected chi connectivity index (χ1v) is 8.65. The molecule has 1 N–H and O–H groups in total. The molecule has 0 bridgehead atoms. The van der Waals surface area contributed by atoms with Gasteiger partial charge >= 0.3 is 0 Å². The maximum Gasteiger partial charge on any atom is 0.269 e. The SMILES string of the molecule is CC(=O)N1N=C(c2c(O)n(C)c(=S)n(C)c2=O)CC1c1ccc([N+](=O)[O-])cc1. The highest BCUT2D eigenvalue weighted by atomic mass is 32.1. The van der Waals surface area contributed by atoms with Crippen molar-refractivity contribution in [1.82, 2.24) is 14.1 Å². The van der Waals surface area contributed by atoms with E-state index in [1.54, 1.807) is 12.1 Å². The minimum absolute atomic E-state index is 0.0331. The maximum atomic E-state index is 12.7. The molecule has 1 aromatic heterocycles. The Bertz CT molecular complexity index is 1130. The van der Waals surface area contributed by atoms with Gasteiger partial charge < -0.3 is 5.11 Å². The number of aromatic hydroxyl groups is 1. The van der Waals surface area contributed by atoms with Gasteiger partial charge in [0.05, 0.1) is 16.7 Å². The van der Waals surface area contributed by atoms with Gasteiger partial charge in [0.25, 0.3) is 11.2 Å². The van der Waals surface area contributed by atoms with Crippen molar-refractivity contribution in [2.24, 2.45) is 19.2 Å². The van der Waals surface area contributed by atoms with Crippen molar-refractivity contribution in [3.8, 4) is 5.88 Å². The highest BCUT2D eigenvalue weighted by molar-refractivity contribution is 7.71. The Kier molecular flexibility index (Phi) is 4.86. The number of aromatic nitrogens is 2. The Hall–Kier alpha value is -3.34. The van der Waals surface area contributed by atoms with Crippen LogP contribution < -0.4 is 5.56 Å². The normalized spacial score (nSPS) is 16.2. The van der Waals surface area contributed by atoms with Gasteiger partial charge in [-0.05, 0) is 17.8 Å². The molecule has 1 unspecified atom stereocenters. The van der Waals surface area contributed by atoms with Crippen LogP contribution in [-0.2, 0) is 18.9 Å². The molecule has 28 heavy (non-hydrogen) atoms. The van der Waals surface area contributed by atoms with Gasteiger partial charge in [0.1, 0.15) is 5.56 Å². The first kappa shape index (κ1) is 19.4. The second-order valence-electron chi connectivity index (χ2n) is 6.38. The maximum absolute atomic E-state index is 12.7. The smallest absolute Gasteiger partial charge is 0.269 e. The molecule has 0 saturated carbocycles. The molecule has 0 radical (unpaired) electrons. The van der Waals surface area contributed by atoms with E-state index >= 15 is 0 Å². The van der Waals surface area contributed by atoms with Gasteiger partial charge in [0, 0.05) is 39.6 Å². The number of carbonyl (C=O) groups is 1. The minimum atomic E-state index is -0.550. The number of carbonyl (C=O) groups excluding carboxylic acids is 1. The molecule has 10 nitrogen and oxygen atoms in total. The molecular formula is C17H17N5O5S. The lowest BCUT2D eigenvalue weighted by Crippen LogP contribution is -2.28. The molecule has 1 aliphatic rings. The van der Waals surface area contributed by atoms with Crippen molar-refractivity contribution in [3.05, 3.63) is 60.6 Å². The van der Waals surface area contributed by atoms with Crippen LogP contribution in [0.15, 0.2) is 34.2 Å². The van der Waals surface area contributed by atoms with Gasteiger partial charge in [-0.2, -0.15) is 5.10 Å². The standard InChI is InChI=1S/C17H17N5O5S/c1-9(23)21-13(10-4-6-11(7-5-10)22(26)27)8-12(18-21)14-15(24)19(2)17(28)20(3)16(14)25/h4-7,13,24H,8H2,1-3H3. The highest BCUT2D eigenvalue weighted by Crippen LogP contribution is 2.34. The summed E-state index contributed by atoms with van der Waals surface area (Å²) in [5.41, 5.74) is 0.237. The summed E-state index contributed by atoms with van der Waals surface area (Å²) in [6, 6.07) is 5.22. The zero-order valence-corrected chi connectivity index (χ0v) is 16.1. The zero-order chi connectivity index (χ0) is 20.7. The third-order valence-corrected chi connectivity index (χ3v) is 5.19. The zero-order valence-electron chi connectivity index (χ0n) is 15.3. The number of nitrogens with zero attached hydrogens (tertiary/aromatic N) is 5. The van der Waals surface area contributed by atoms with Crippen molar-refractivity contribution in [2.75, 3.05) is 0 Å². The monoisotopic (exact) mass is 403 g/mol. The summed E-state index contributed by atoms with van der Waals surface area (Å²) in [7, 11) is 3.01. The van der Waals surface area contributed by atoms with Gasteiger partial charge in [-0.15, -0.1) is 0 Å². The summed E-state index contributed by atoms with van der Waals surface area (Å²) >= 11 is 5.11. The van der Waals surface area contributed by atoms with E-state index in [-0.39, 0.29) is 39.9 Å². The van der Waals surface area contributed by atoms with E-state index in [2.05, 4.69) is 5.10 Å². The predicted molar refractivity (Wildman–Crippen MR) is 103 cm³/mol. The molecule has 1 atom stereocenters. The van der Waals surface area contributed by atoms with Crippen LogP contribution in [0, 0.1) is 14.9 Å². The summed E-state index contributed by atoms with van der Waals surface area (Å²) in [5, 5.41) is 26.8. The fraction of sp³-hybridized carbons (Fsp3) is 0.294. The number of amides is 1. The molecule has 11 heteroatoms. The van der Waals surface area contributed by atoms with Crippen LogP contribution >= 0.6 is 12.2 Å². The van der Waals surface area contributed by atoms with Gasteiger partial charge in [-0.25, -0.2) is 5.01 Å². The molecule has 0 fully saturated rings. The molecule has 0 aliphatic carbocycles. The Morgan fingerprint density at radius 1 is 1.29 bits per heavy atom. The van der Waals surface area contributed by atoms with Crippen molar-refractivity contribution in [1.29, 1.82) is 0 Å². The van der Waals surface area contributed by atoms with Crippen molar-refractivity contribution >= 4 is 29.5 Å². The summed E-state index contributed by atoms with van der Waals surface area (Å²) in [4.78, 5) is 35.1. The number of rotatable bonds is 3. The van der Waals surface area contributed by atoms with Crippen LogP contribution in [0.25, 0.3) is 0 Å². The van der Waals surface area contributed by atoms with E-state index in [0.717, 1.165) is 0 Å².